The van der Waals surface area contributed by atoms with Crippen molar-refractivity contribution in [2.75, 3.05) is 5.32 Å². The molecule has 0 unspecified atom stereocenters. The Balaban J connectivity index is 1.27. The lowest BCUT2D eigenvalue weighted by atomic mass is 9.54. The van der Waals surface area contributed by atoms with E-state index in [-0.39, 0.29) is 35.3 Å². The van der Waals surface area contributed by atoms with Gasteiger partial charge in [0, 0.05) is 5.69 Å². The van der Waals surface area contributed by atoms with Gasteiger partial charge in [-0.05, 0) is 87.3 Å². The number of anilines is 1. The van der Waals surface area contributed by atoms with E-state index in [4.69, 9.17) is 9.84 Å². The summed E-state index contributed by atoms with van der Waals surface area (Å²) in [4.78, 5) is 24.8. The Hall–Kier alpha value is -2.87. The van der Waals surface area contributed by atoms with Crippen LogP contribution in [0, 0.1) is 17.8 Å². The summed E-state index contributed by atoms with van der Waals surface area (Å²) in [7, 11) is 0. The van der Waals surface area contributed by atoms with Crippen molar-refractivity contribution in [3.63, 3.8) is 0 Å². The number of nitrogens with one attached hydrogen (secondary N) is 1. The highest BCUT2D eigenvalue weighted by Crippen LogP contribution is 2.57. The summed E-state index contributed by atoms with van der Waals surface area (Å²) in [6, 6.07) is 6.17. The zero-order valence-electron chi connectivity index (χ0n) is 20.6. The zero-order chi connectivity index (χ0) is 24.9. The predicted octanol–water partition coefficient (Wildman–Crippen LogP) is 5.53. The average molecular weight is 494 g/mol. The van der Waals surface area contributed by atoms with Crippen LogP contribution >= 0.6 is 0 Å². The van der Waals surface area contributed by atoms with Gasteiger partial charge in [0.05, 0.1) is 23.8 Å². The molecule has 8 nitrogen and oxygen atoms in total. The SMILES string of the molecule is O=C(O)c1cccc(NC(=O)c2c(COC34CC5CC(CC(C5)C3)C4)nn(C3CCCCC3)c2O)c1. The van der Waals surface area contributed by atoms with Crippen LogP contribution in [-0.4, -0.2) is 37.5 Å². The Kier molecular flexibility index (Phi) is 6.02. The van der Waals surface area contributed by atoms with Crippen LogP contribution in [0.5, 0.6) is 5.88 Å². The Morgan fingerprint density at radius 3 is 2.36 bits per heavy atom. The summed E-state index contributed by atoms with van der Waals surface area (Å²) in [5.74, 6) is 0.541. The van der Waals surface area contributed by atoms with Crippen molar-refractivity contribution in [1.29, 1.82) is 0 Å². The van der Waals surface area contributed by atoms with E-state index in [9.17, 15) is 19.8 Å². The van der Waals surface area contributed by atoms with E-state index in [1.54, 1.807) is 16.8 Å². The molecule has 5 saturated carbocycles. The molecule has 2 aromatic rings. The summed E-state index contributed by atoms with van der Waals surface area (Å²) in [5, 5.41) is 28.0. The van der Waals surface area contributed by atoms with E-state index in [1.807, 2.05) is 0 Å². The number of nitrogens with zero attached hydrogens (tertiary/aromatic N) is 2. The van der Waals surface area contributed by atoms with Gasteiger partial charge in [0.1, 0.15) is 11.3 Å². The first-order chi connectivity index (χ1) is 17.4. The van der Waals surface area contributed by atoms with E-state index in [0.717, 1.165) is 62.7 Å². The van der Waals surface area contributed by atoms with Gasteiger partial charge in [0.15, 0.2) is 0 Å². The molecule has 8 heteroatoms. The fourth-order valence-corrected chi connectivity index (χ4v) is 7.74. The highest BCUT2D eigenvalue weighted by atomic mass is 16.5. The first kappa shape index (κ1) is 23.5. The maximum Gasteiger partial charge on any atom is 0.335 e. The van der Waals surface area contributed by atoms with Gasteiger partial charge in [-0.2, -0.15) is 5.10 Å². The van der Waals surface area contributed by atoms with Gasteiger partial charge in [0.25, 0.3) is 5.91 Å². The molecule has 4 bridgehead atoms. The van der Waals surface area contributed by atoms with Gasteiger partial charge in [-0.1, -0.05) is 25.3 Å². The smallest absolute Gasteiger partial charge is 0.335 e. The molecule has 36 heavy (non-hydrogen) atoms. The first-order valence-electron chi connectivity index (χ1n) is 13.5. The highest BCUT2D eigenvalue weighted by molar-refractivity contribution is 6.07. The molecule has 5 fully saturated rings. The number of aromatic nitrogens is 2. The molecule has 5 aliphatic carbocycles. The van der Waals surface area contributed by atoms with Crippen LogP contribution in [-0.2, 0) is 11.3 Å². The molecule has 7 rings (SSSR count). The lowest BCUT2D eigenvalue weighted by Gasteiger charge is -2.56. The van der Waals surface area contributed by atoms with Crippen molar-refractivity contribution in [2.24, 2.45) is 17.8 Å². The summed E-state index contributed by atoms with van der Waals surface area (Å²) >= 11 is 0. The topological polar surface area (TPSA) is 114 Å². The van der Waals surface area contributed by atoms with Crippen molar-refractivity contribution in [2.45, 2.75) is 88.9 Å². The molecule has 1 amide bonds. The van der Waals surface area contributed by atoms with Crippen molar-refractivity contribution < 1.29 is 24.5 Å². The molecule has 192 valence electrons. The van der Waals surface area contributed by atoms with Crippen LogP contribution < -0.4 is 5.32 Å². The van der Waals surface area contributed by atoms with E-state index in [1.165, 1.54) is 37.8 Å². The Labute approximate surface area is 211 Å². The number of aromatic hydroxyl groups is 1. The van der Waals surface area contributed by atoms with Gasteiger partial charge in [0.2, 0.25) is 5.88 Å². The Morgan fingerprint density at radius 2 is 1.72 bits per heavy atom. The normalized spacial score (nSPS) is 29.4. The number of aromatic carboxylic acids is 1. The van der Waals surface area contributed by atoms with Gasteiger partial charge in [-0.15, -0.1) is 0 Å². The monoisotopic (exact) mass is 493 g/mol. The second kappa shape index (κ2) is 9.21. The average Bonchev–Trinajstić information content (AvgIpc) is 3.19. The molecule has 0 saturated heterocycles. The van der Waals surface area contributed by atoms with E-state index >= 15 is 0 Å². The molecule has 3 N–H and O–H groups in total. The third-order valence-electron chi connectivity index (χ3n) is 8.97. The van der Waals surface area contributed by atoms with Gasteiger partial charge >= 0.3 is 5.97 Å². The number of benzene rings is 1. The van der Waals surface area contributed by atoms with Crippen molar-refractivity contribution >= 4 is 17.6 Å². The maximum atomic E-state index is 13.4. The van der Waals surface area contributed by atoms with Crippen LogP contribution in [0.25, 0.3) is 0 Å². The molecule has 0 atom stereocenters. The third kappa shape index (κ3) is 4.40. The minimum Gasteiger partial charge on any atom is -0.493 e. The van der Waals surface area contributed by atoms with Crippen LogP contribution in [0.4, 0.5) is 5.69 Å². The number of hydrogen-bond donors (Lipinski definition) is 3. The Bertz CT molecular complexity index is 1130. The Morgan fingerprint density at radius 1 is 1.06 bits per heavy atom. The van der Waals surface area contributed by atoms with E-state index < -0.39 is 11.9 Å². The molecular weight excluding hydrogens is 458 g/mol. The number of carbonyl (C=O) groups excluding carboxylic acids is 1. The number of amides is 1. The number of rotatable bonds is 7. The van der Waals surface area contributed by atoms with Crippen molar-refractivity contribution in [3.8, 4) is 5.88 Å². The molecule has 1 aromatic heterocycles. The summed E-state index contributed by atoms with van der Waals surface area (Å²) in [6.07, 6.45) is 12.4. The number of hydrogen-bond acceptors (Lipinski definition) is 5. The van der Waals surface area contributed by atoms with E-state index in [2.05, 4.69) is 5.32 Å². The molecule has 0 spiro atoms. The summed E-state index contributed by atoms with van der Waals surface area (Å²) < 4.78 is 8.26. The van der Waals surface area contributed by atoms with Gasteiger partial charge in [-0.3, -0.25) is 4.79 Å². The minimum atomic E-state index is -1.07. The quantitative estimate of drug-likeness (QED) is 0.467. The second-order valence-corrected chi connectivity index (χ2v) is 11.6. The zero-order valence-corrected chi connectivity index (χ0v) is 20.6. The molecule has 1 aromatic carbocycles. The molecule has 1 heterocycles. The standard InChI is InChI=1S/C28H35N3O5/c32-25(29-21-6-4-5-20(12-21)27(34)35)24-23(30-31(26(24)33)22-7-2-1-3-8-22)16-36-28-13-17-9-18(14-28)11-19(10-17)15-28/h4-6,12,17-19,22,33H,1-3,7-11,13-16H2,(H,29,32)(H,34,35). The van der Waals surface area contributed by atoms with Crippen LogP contribution in [0.1, 0.15) is 103 Å². The molecular formula is C28H35N3O5. The first-order valence-corrected chi connectivity index (χ1v) is 13.5. The number of carboxylic acids is 1. The van der Waals surface area contributed by atoms with E-state index in [0.29, 0.717) is 11.4 Å². The van der Waals surface area contributed by atoms with Crippen LogP contribution in [0.2, 0.25) is 0 Å². The summed E-state index contributed by atoms with van der Waals surface area (Å²) in [5.41, 5.74) is 0.896. The lowest BCUT2D eigenvalue weighted by molar-refractivity contribution is -0.169. The molecule has 0 aliphatic heterocycles. The van der Waals surface area contributed by atoms with Crippen LogP contribution in [0.3, 0.4) is 0 Å². The number of carboxylic acid groups (broad SMARTS) is 1. The lowest BCUT2D eigenvalue weighted by Crippen LogP contribution is -2.51. The predicted molar refractivity (Wildman–Crippen MR) is 133 cm³/mol. The molecule has 0 radical (unpaired) electrons. The van der Waals surface area contributed by atoms with Gasteiger partial charge in [-0.25, -0.2) is 9.48 Å². The highest BCUT2D eigenvalue weighted by Gasteiger charge is 2.51. The minimum absolute atomic E-state index is 0.0638. The van der Waals surface area contributed by atoms with Crippen molar-refractivity contribution in [3.05, 3.63) is 41.1 Å². The number of carbonyl (C=O) groups is 2. The fourth-order valence-electron chi connectivity index (χ4n) is 7.74. The largest absolute Gasteiger partial charge is 0.493 e. The maximum absolute atomic E-state index is 13.4. The van der Waals surface area contributed by atoms with Gasteiger partial charge < -0.3 is 20.3 Å². The summed E-state index contributed by atoms with van der Waals surface area (Å²) in [6.45, 7) is 0.192. The van der Waals surface area contributed by atoms with Crippen LogP contribution in [0.15, 0.2) is 24.3 Å². The van der Waals surface area contributed by atoms with Crippen molar-refractivity contribution in [1.82, 2.24) is 9.78 Å². The number of ether oxygens (including phenoxy) is 1. The molecule has 5 aliphatic rings. The third-order valence-corrected chi connectivity index (χ3v) is 8.97. The second-order valence-electron chi connectivity index (χ2n) is 11.6. The fraction of sp³-hybridized carbons (Fsp3) is 0.607.